The van der Waals surface area contributed by atoms with Crippen molar-refractivity contribution in [3.63, 3.8) is 0 Å². The minimum absolute atomic E-state index is 0.208. The Balaban J connectivity index is 8.13. The summed E-state index contributed by atoms with van der Waals surface area (Å²) in [5.41, 5.74) is 1.25. The maximum absolute atomic E-state index is 14.8. The van der Waals surface area contributed by atoms with Gasteiger partial charge in [-0.05, 0) is 0 Å². The molecule has 0 fully saturated rings. The summed E-state index contributed by atoms with van der Waals surface area (Å²) in [5, 5.41) is 0. The third-order valence-corrected chi connectivity index (χ3v) is 69.0. The maximum atomic E-state index is 14.8. The number of hydrogen-bond donors (Lipinski definition) is 0. The molecule has 0 rings (SSSR count). The Morgan fingerprint density at radius 1 is 0.474 bits per heavy atom. The Hall–Kier alpha value is 1.07. The fraction of sp³-hybridized carbons (Fsp3) is 0.971. The molecule has 0 aromatic rings. The summed E-state index contributed by atoms with van der Waals surface area (Å²) in [7, 11) is 0. The van der Waals surface area contributed by atoms with Crippen molar-refractivity contribution in [3.8, 4) is 0 Å². The summed E-state index contributed by atoms with van der Waals surface area (Å²) < 4.78 is 14.2. The van der Waals surface area contributed by atoms with Crippen LogP contribution in [0.5, 0.6) is 0 Å². The summed E-state index contributed by atoms with van der Waals surface area (Å²) in [6.45, 7) is 46.5. The standard InChI is InChI=1S/6C5H11.C4H6O2.2Sn/c6*1-5(2,3)4;1-3-6-4(2)5;;/h6*1H2,2-4H3;2H,3H2,1H3;;. The molecule has 2 nitrogen and oxygen atoms in total. The fourth-order valence-corrected chi connectivity index (χ4v) is 94.1. The van der Waals surface area contributed by atoms with E-state index in [4.69, 9.17) is 4.74 Å². The van der Waals surface area contributed by atoms with E-state index in [0.29, 0.717) is 6.61 Å². The molecule has 0 aromatic carbocycles. The van der Waals surface area contributed by atoms with Gasteiger partial charge in [0.25, 0.3) is 0 Å². The Morgan fingerprint density at radius 2 is 0.658 bits per heavy atom. The first-order valence-corrected chi connectivity index (χ1v) is 30.9. The third kappa shape index (κ3) is 15.3. The fourth-order valence-electron chi connectivity index (χ4n) is 8.70. The van der Waals surface area contributed by atoms with Gasteiger partial charge in [0.1, 0.15) is 0 Å². The molecule has 0 saturated carbocycles. The zero-order chi connectivity index (χ0) is 30.8. The summed E-state index contributed by atoms with van der Waals surface area (Å²) in [4.78, 5) is 14.8. The average molecular weight is 750 g/mol. The first-order valence-electron chi connectivity index (χ1n) is 15.5. The number of carbonyl (C=O) groups is 1. The van der Waals surface area contributed by atoms with Crippen molar-refractivity contribution in [2.45, 2.75) is 160 Å². The van der Waals surface area contributed by atoms with Crippen LogP contribution in [0.25, 0.3) is 0 Å². The first kappa shape index (κ1) is 39.1. The molecule has 0 bridgehead atoms. The van der Waals surface area contributed by atoms with Crippen LogP contribution >= 0.6 is 0 Å². The number of ether oxygens (including phenoxy) is 1. The molecule has 38 heavy (non-hydrogen) atoms. The number of esters is 1. The van der Waals surface area contributed by atoms with Gasteiger partial charge in [0, 0.05) is 0 Å². The van der Waals surface area contributed by atoms with Gasteiger partial charge < -0.3 is 0 Å². The molecule has 0 aliphatic rings. The summed E-state index contributed by atoms with van der Waals surface area (Å²) >= 11 is -6.70. The van der Waals surface area contributed by atoms with Crippen molar-refractivity contribution in [2.75, 3.05) is 6.61 Å². The molecule has 0 aromatic heterocycles. The molecule has 0 aliphatic heterocycles. The predicted molar refractivity (Wildman–Crippen MR) is 177 cm³/mol. The van der Waals surface area contributed by atoms with Crippen LogP contribution in [0.15, 0.2) is 0 Å². The van der Waals surface area contributed by atoms with Gasteiger partial charge in [-0.15, -0.1) is 0 Å². The zero-order valence-corrected chi connectivity index (χ0v) is 35.6. The second kappa shape index (κ2) is 13.2. The van der Waals surface area contributed by atoms with Gasteiger partial charge >= 0.3 is 251 Å². The Morgan fingerprint density at radius 3 is 0.789 bits per heavy atom. The molecule has 0 spiro atoms. The monoisotopic (exact) mass is 752 g/mol. The SMILES string of the molecule is CCOC(=O)[CH]([Sn]([CH2]C(C)(C)C)([CH2]C(C)(C)C)[CH2]C(C)(C)C)[Sn]([CH2]C(C)(C)C)([CH2]C(C)(C)C)[CH2]C(C)(C)C. The number of hydrogen-bond acceptors (Lipinski definition) is 2. The molecule has 0 aliphatic carbocycles. The predicted octanol–water partition coefficient (Wildman–Crippen LogP) is 11.6. The van der Waals surface area contributed by atoms with E-state index in [9.17, 15) is 4.79 Å². The van der Waals surface area contributed by atoms with Crippen LogP contribution in [-0.2, 0) is 9.53 Å². The van der Waals surface area contributed by atoms with Crippen LogP contribution in [0.2, 0.25) is 28.6 Å². The molecule has 0 N–H and O–H groups in total. The Kier molecular flexibility index (Phi) is 13.5. The number of carbonyl (C=O) groups excluding carboxylic acids is 1. The second-order valence-electron chi connectivity index (χ2n) is 20.3. The van der Waals surface area contributed by atoms with Gasteiger partial charge in [-0.3, -0.25) is 0 Å². The molecule has 228 valence electrons. The normalized spacial score (nSPS) is 15.3. The van der Waals surface area contributed by atoms with Crippen molar-refractivity contribution < 1.29 is 9.53 Å². The van der Waals surface area contributed by atoms with Crippen LogP contribution in [0.1, 0.15) is 132 Å². The Labute approximate surface area is 249 Å². The van der Waals surface area contributed by atoms with E-state index in [0.717, 1.165) is 0 Å². The minimum atomic E-state index is -3.35. The molecule has 0 unspecified atom stereocenters. The van der Waals surface area contributed by atoms with Crippen LogP contribution in [0.4, 0.5) is 0 Å². The molecular formula is C34H72O2Sn2. The topological polar surface area (TPSA) is 26.3 Å². The summed E-state index contributed by atoms with van der Waals surface area (Å²) in [5.74, 6) is 0.231. The Bertz CT molecular complexity index is 603. The second-order valence-corrected chi connectivity index (χ2v) is 49.9. The van der Waals surface area contributed by atoms with Gasteiger partial charge in [0.2, 0.25) is 0 Å². The van der Waals surface area contributed by atoms with Crippen molar-refractivity contribution >= 4 is 42.7 Å². The van der Waals surface area contributed by atoms with E-state index in [1.807, 2.05) is 6.92 Å². The average Bonchev–Trinajstić information content (AvgIpc) is 2.42. The van der Waals surface area contributed by atoms with Crippen molar-refractivity contribution in [2.24, 2.45) is 32.5 Å². The van der Waals surface area contributed by atoms with E-state index in [2.05, 4.69) is 125 Å². The first-order chi connectivity index (χ1) is 16.3. The third-order valence-electron chi connectivity index (χ3n) is 7.04. The van der Waals surface area contributed by atoms with Gasteiger partial charge in [0.05, 0.1) is 0 Å². The van der Waals surface area contributed by atoms with E-state index in [1.165, 1.54) is 26.6 Å². The molecule has 0 atom stereocenters. The van der Waals surface area contributed by atoms with Gasteiger partial charge in [-0.1, -0.05) is 0 Å². The molecule has 4 heteroatoms. The summed E-state index contributed by atoms with van der Waals surface area (Å²) in [6.07, 6.45) is 0. The van der Waals surface area contributed by atoms with Crippen LogP contribution in [-0.4, -0.2) is 49.3 Å². The van der Waals surface area contributed by atoms with Gasteiger partial charge in [-0.25, -0.2) is 0 Å². The van der Waals surface area contributed by atoms with Crippen LogP contribution < -0.4 is 0 Å². The van der Waals surface area contributed by atoms with Crippen LogP contribution in [0.3, 0.4) is 0 Å². The van der Waals surface area contributed by atoms with Crippen molar-refractivity contribution in [1.82, 2.24) is 0 Å². The van der Waals surface area contributed by atoms with Crippen molar-refractivity contribution in [1.29, 1.82) is 0 Å². The molecule has 0 heterocycles. The molecular weight excluding hydrogens is 678 g/mol. The van der Waals surface area contributed by atoms with Gasteiger partial charge in [0.15, 0.2) is 0 Å². The summed E-state index contributed by atoms with van der Waals surface area (Å²) in [6, 6.07) is 0. The quantitative estimate of drug-likeness (QED) is 0.164. The zero-order valence-electron chi connectivity index (χ0n) is 29.8. The van der Waals surface area contributed by atoms with E-state index >= 15 is 0 Å². The van der Waals surface area contributed by atoms with E-state index in [1.54, 1.807) is 0 Å². The van der Waals surface area contributed by atoms with E-state index < -0.39 is 36.8 Å². The van der Waals surface area contributed by atoms with Crippen molar-refractivity contribution in [3.05, 3.63) is 0 Å². The van der Waals surface area contributed by atoms with Crippen LogP contribution in [0, 0.1) is 32.5 Å². The molecule has 0 radical (unpaired) electrons. The van der Waals surface area contributed by atoms with Gasteiger partial charge in [-0.2, -0.15) is 0 Å². The molecule has 0 saturated heterocycles. The molecule has 0 amide bonds. The van der Waals surface area contributed by atoms with E-state index in [-0.39, 0.29) is 40.4 Å². The number of rotatable bonds is 10.